The molecule has 112 valence electrons. The SMILES string of the molecule is Cc1c(CNC(=O)CCC(N)c2ccccc2)cnn1C. The van der Waals surface area contributed by atoms with Gasteiger partial charge in [0.25, 0.3) is 0 Å². The molecule has 0 spiro atoms. The molecule has 2 aromatic rings. The van der Waals surface area contributed by atoms with Crippen LogP contribution < -0.4 is 11.1 Å². The number of nitrogens with one attached hydrogen (secondary N) is 1. The van der Waals surface area contributed by atoms with Crippen LogP contribution in [0.3, 0.4) is 0 Å². The van der Waals surface area contributed by atoms with Crippen molar-refractivity contribution in [3.8, 4) is 0 Å². The van der Waals surface area contributed by atoms with Crippen LogP contribution in [0.5, 0.6) is 0 Å². The molecule has 0 saturated carbocycles. The van der Waals surface area contributed by atoms with Crippen LogP contribution in [0.4, 0.5) is 0 Å². The lowest BCUT2D eigenvalue weighted by Crippen LogP contribution is -2.24. The Kier molecular flexibility index (Phi) is 5.11. The molecule has 0 aliphatic heterocycles. The molecule has 1 heterocycles. The zero-order valence-corrected chi connectivity index (χ0v) is 12.5. The third-order valence-electron chi connectivity index (χ3n) is 3.72. The predicted octanol–water partition coefficient (Wildman–Crippen LogP) is 1.82. The third-order valence-corrected chi connectivity index (χ3v) is 3.72. The van der Waals surface area contributed by atoms with Gasteiger partial charge in [-0.1, -0.05) is 30.3 Å². The highest BCUT2D eigenvalue weighted by Gasteiger charge is 2.10. The van der Waals surface area contributed by atoms with Crippen molar-refractivity contribution in [2.45, 2.75) is 32.4 Å². The Labute approximate surface area is 125 Å². The highest BCUT2D eigenvalue weighted by atomic mass is 16.1. The molecule has 1 atom stereocenters. The first-order valence-electron chi connectivity index (χ1n) is 7.12. The molecule has 21 heavy (non-hydrogen) atoms. The third kappa shape index (κ3) is 4.16. The van der Waals surface area contributed by atoms with Crippen molar-refractivity contribution in [3.63, 3.8) is 0 Å². The molecule has 2 rings (SSSR count). The summed E-state index contributed by atoms with van der Waals surface area (Å²) in [5.74, 6) is 0.0182. The topological polar surface area (TPSA) is 72.9 Å². The molecule has 0 aliphatic rings. The van der Waals surface area contributed by atoms with Gasteiger partial charge in [-0.25, -0.2) is 0 Å². The number of amides is 1. The number of aryl methyl sites for hydroxylation is 1. The van der Waals surface area contributed by atoms with Crippen molar-refractivity contribution in [3.05, 3.63) is 53.3 Å². The molecule has 5 nitrogen and oxygen atoms in total. The summed E-state index contributed by atoms with van der Waals surface area (Å²) in [4.78, 5) is 11.9. The summed E-state index contributed by atoms with van der Waals surface area (Å²) in [5, 5.41) is 7.07. The second-order valence-electron chi connectivity index (χ2n) is 5.21. The molecule has 0 fully saturated rings. The van der Waals surface area contributed by atoms with E-state index in [9.17, 15) is 4.79 Å². The summed E-state index contributed by atoms with van der Waals surface area (Å²) < 4.78 is 1.80. The van der Waals surface area contributed by atoms with Crippen molar-refractivity contribution < 1.29 is 4.79 Å². The van der Waals surface area contributed by atoms with Crippen molar-refractivity contribution in [2.24, 2.45) is 12.8 Å². The predicted molar refractivity (Wildman–Crippen MR) is 82.4 cm³/mol. The highest BCUT2D eigenvalue weighted by molar-refractivity contribution is 5.75. The lowest BCUT2D eigenvalue weighted by atomic mass is 10.0. The Balaban J connectivity index is 1.76. The van der Waals surface area contributed by atoms with E-state index in [0.29, 0.717) is 19.4 Å². The molecule has 1 amide bonds. The molecule has 3 N–H and O–H groups in total. The monoisotopic (exact) mass is 286 g/mol. The minimum atomic E-state index is -0.0999. The van der Waals surface area contributed by atoms with E-state index in [1.807, 2.05) is 44.3 Å². The number of carbonyl (C=O) groups is 1. The molecule has 0 radical (unpaired) electrons. The van der Waals surface area contributed by atoms with E-state index in [4.69, 9.17) is 5.73 Å². The van der Waals surface area contributed by atoms with Gasteiger partial charge in [-0.2, -0.15) is 5.10 Å². The van der Waals surface area contributed by atoms with Crippen LogP contribution in [0.2, 0.25) is 0 Å². The standard InChI is InChI=1S/C16H22N4O/c1-12-14(11-19-20(12)2)10-18-16(21)9-8-15(17)13-6-4-3-5-7-13/h3-7,11,15H,8-10,17H2,1-2H3,(H,18,21). The van der Waals surface area contributed by atoms with Crippen molar-refractivity contribution in [1.82, 2.24) is 15.1 Å². The number of rotatable bonds is 6. The quantitative estimate of drug-likeness (QED) is 0.851. The Morgan fingerprint density at radius 2 is 2.10 bits per heavy atom. The minimum Gasteiger partial charge on any atom is -0.352 e. The summed E-state index contributed by atoms with van der Waals surface area (Å²) >= 11 is 0. The second kappa shape index (κ2) is 7.04. The zero-order valence-electron chi connectivity index (χ0n) is 12.5. The molecular weight excluding hydrogens is 264 g/mol. The molecule has 0 saturated heterocycles. The Bertz CT molecular complexity index is 592. The first kappa shape index (κ1) is 15.3. The van der Waals surface area contributed by atoms with Gasteiger partial charge in [-0.05, 0) is 18.9 Å². The smallest absolute Gasteiger partial charge is 0.220 e. The van der Waals surface area contributed by atoms with Gasteiger partial charge in [0.15, 0.2) is 0 Å². The van der Waals surface area contributed by atoms with Crippen molar-refractivity contribution in [1.29, 1.82) is 0 Å². The fraction of sp³-hybridized carbons (Fsp3) is 0.375. The maximum Gasteiger partial charge on any atom is 0.220 e. The molecular formula is C16H22N4O. The van der Waals surface area contributed by atoms with Gasteiger partial charge >= 0.3 is 0 Å². The molecule has 0 bridgehead atoms. The number of benzene rings is 1. The average molecular weight is 286 g/mol. The summed E-state index contributed by atoms with van der Waals surface area (Å²) in [6.07, 6.45) is 2.85. The Morgan fingerprint density at radius 1 is 1.38 bits per heavy atom. The van der Waals surface area contributed by atoms with E-state index >= 15 is 0 Å². The van der Waals surface area contributed by atoms with Crippen molar-refractivity contribution >= 4 is 5.91 Å². The first-order chi connectivity index (χ1) is 10.1. The number of hydrogen-bond donors (Lipinski definition) is 2. The van der Waals surface area contributed by atoms with Crippen molar-refractivity contribution in [2.75, 3.05) is 0 Å². The first-order valence-corrected chi connectivity index (χ1v) is 7.12. The van der Waals surface area contributed by atoms with Gasteiger partial charge in [0.2, 0.25) is 5.91 Å². The van der Waals surface area contributed by atoms with E-state index in [2.05, 4.69) is 10.4 Å². The average Bonchev–Trinajstić information content (AvgIpc) is 2.83. The molecule has 1 unspecified atom stereocenters. The van der Waals surface area contributed by atoms with Crippen LogP contribution in [0, 0.1) is 6.92 Å². The summed E-state index contributed by atoms with van der Waals surface area (Å²) in [6, 6.07) is 9.75. The van der Waals surface area contributed by atoms with E-state index in [-0.39, 0.29) is 11.9 Å². The largest absolute Gasteiger partial charge is 0.352 e. The van der Waals surface area contributed by atoms with E-state index in [1.54, 1.807) is 10.9 Å². The van der Waals surface area contributed by atoms with Gasteiger partial charge in [0.1, 0.15) is 0 Å². The lowest BCUT2D eigenvalue weighted by Gasteiger charge is -2.11. The summed E-state index contributed by atoms with van der Waals surface area (Å²) in [6.45, 7) is 2.50. The molecule has 5 heteroatoms. The van der Waals surface area contributed by atoms with E-state index in [0.717, 1.165) is 16.8 Å². The van der Waals surface area contributed by atoms with Gasteiger partial charge in [0, 0.05) is 37.3 Å². The van der Waals surface area contributed by atoms with E-state index < -0.39 is 0 Å². The maximum atomic E-state index is 11.9. The Morgan fingerprint density at radius 3 is 2.71 bits per heavy atom. The molecule has 0 aliphatic carbocycles. The van der Waals surface area contributed by atoms with Gasteiger partial charge < -0.3 is 11.1 Å². The van der Waals surface area contributed by atoms with Gasteiger partial charge in [-0.3, -0.25) is 9.48 Å². The summed E-state index contributed by atoms with van der Waals surface area (Å²) in [7, 11) is 1.89. The van der Waals surface area contributed by atoms with Gasteiger partial charge in [0.05, 0.1) is 6.20 Å². The number of carbonyl (C=O) groups excluding carboxylic acids is 1. The second-order valence-corrected chi connectivity index (χ2v) is 5.21. The molecule has 1 aromatic heterocycles. The number of nitrogens with zero attached hydrogens (tertiary/aromatic N) is 2. The fourth-order valence-electron chi connectivity index (χ4n) is 2.15. The fourth-order valence-corrected chi connectivity index (χ4v) is 2.15. The van der Waals surface area contributed by atoms with Gasteiger partial charge in [-0.15, -0.1) is 0 Å². The summed E-state index contributed by atoms with van der Waals surface area (Å²) in [5.41, 5.74) is 9.25. The zero-order chi connectivity index (χ0) is 15.2. The number of nitrogens with two attached hydrogens (primary N) is 1. The van der Waals surface area contributed by atoms with Crippen LogP contribution in [-0.2, 0) is 18.4 Å². The van der Waals surface area contributed by atoms with E-state index in [1.165, 1.54) is 0 Å². The van der Waals surface area contributed by atoms with Crippen LogP contribution >= 0.6 is 0 Å². The highest BCUT2D eigenvalue weighted by Crippen LogP contribution is 2.15. The normalized spacial score (nSPS) is 12.1. The lowest BCUT2D eigenvalue weighted by molar-refractivity contribution is -0.121. The van der Waals surface area contributed by atoms with Crippen LogP contribution in [0.15, 0.2) is 36.5 Å². The minimum absolute atomic E-state index is 0.0182. The van der Waals surface area contributed by atoms with Crippen LogP contribution in [0.1, 0.15) is 35.7 Å². The number of hydrogen-bond acceptors (Lipinski definition) is 3. The Hall–Kier alpha value is -2.14. The maximum absolute atomic E-state index is 11.9. The van der Waals surface area contributed by atoms with Crippen LogP contribution in [0.25, 0.3) is 0 Å². The number of aromatic nitrogens is 2. The molecule has 1 aromatic carbocycles. The van der Waals surface area contributed by atoms with Crippen LogP contribution in [-0.4, -0.2) is 15.7 Å².